The minimum absolute atomic E-state index is 0.0297. The lowest BCUT2D eigenvalue weighted by Crippen LogP contribution is -2.31. The molecule has 1 atom stereocenters. The number of aliphatic hydroxyl groups excluding tert-OH is 1. The number of carbonyl (C=O) groups is 2. The molecule has 0 aliphatic carbocycles. The summed E-state index contributed by atoms with van der Waals surface area (Å²) in [5.41, 5.74) is 1.08. The van der Waals surface area contributed by atoms with Gasteiger partial charge in [0.25, 0.3) is 11.7 Å². The number of ether oxygens (including phenoxy) is 3. The van der Waals surface area contributed by atoms with Gasteiger partial charge in [0.15, 0.2) is 11.5 Å². The number of imidazole rings is 1. The van der Waals surface area contributed by atoms with Gasteiger partial charge in [-0.05, 0) is 54.8 Å². The van der Waals surface area contributed by atoms with Gasteiger partial charge in [-0.1, -0.05) is 13.0 Å². The Morgan fingerprint density at radius 2 is 1.78 bits per heavy atom. The van der Waals surface area contributed by atoms with Crippen molar-refractivity contribution >= 4 is 17.4 Å². The summed E-state index contributed by atoms with van der Waals surface area (Å²) >= 11 is 0. The van der Waals surface area contributed by atoms with E-state index in [4.69, 9.17) is 14.2 Å². The molecular formula is C28H31N3O6. The lowest BCUT2D eigenvalue weighted by Gasteiger charge is -2.26. The normalized spacial score (nSPS) is 16.7. The maximum Gasteiger partial charge on any atom is 0.295 e. The summed E-state index contributed by atoms with van der Waals surface area (Å²) in [5, 5.41) is 11.3. The highest BCUT2D eigenvalue weighted by atomic mass is 16.5. The van der Waals surface area contributed by atoms with Gasteiger partial charge in [-0.3, -0.25) is 9.59 Å². The quantitative estimate of drug-likeness (QED) is 0.237. The molecule has 4 rings (SSSR count). The van der Waals surface area contributed by atoms with Crippen molar-refractivity contribution in [3.8, 4) is 17.2 Å². The van der Waals surface area contributed by atoms with Crippen molar-refractivity contribution in [3.63, 3.8) is 0 Å². The fourth-order valence-electron chi connectivity index (χ4n) is 4.41. The number of Topliss-reactive ketones (excluding diaryl/α,β-unsaturated/α-hetero) is 1. The van der Waals surface area contributed by atoms with Crippen molar-refractivity contribution in [1.82, 2.24) is 14.5 Å². The molecule has 3 aromatic rings. The first-order valence-electron chi connectivity index (χ1n) is 12.2. The number of aryl methyl sites for hydroxylation is 1. The SMILES string of the molecule is CCCOc1ccc(/C(O)=C2\C(=O)C(=O)N(CCCn3ccnc3)[C@H]2c2ccc(OC)c(OC)c2)cc1. The first-order valence-corrected chi connectivity index (χ1v) is 12.2. The van der Waals surface area contributed by atoms with E-state index in [0.717, 1.165) is 6.42 Å². The summed E-state index contributed by atoms with van der Waals surface area (Å²) in [5.74, 6) is 0.0144. The van der Waals surface area contributed by atoms with Crippen molar-refractivity contribution in [2.75, 3.05) is 27.4 Å². The first kappa shape index (κ1) is 25.8. The van der Waals surface area contributed by atoms with Gasteiger partial charge >= 0.3 is 0 Å². The Kier molecular flexibility index (Phi) is 8.12. The molecule has 0 bridgehead atoms. The van der Waals surface area contributed by atoms with E-state index in [9.17, 15) is 14.7 Å². The summed E-state index contributed by atoms with van der Waals surface area (Å²) in [6, 6.07) is 11.3. The molecule has 1 fully saturated rings. The number of aromatic nitrogens is 2. The number of carbonyl (C=O) groups excluding carboxylic acids is 2. The summed E-state index contributed by atoms with van der Waals surface area (Å²) in [6.45, 7) is 3.53. The molecule has 1 aliphatic rings. The summed E-state index contributed by atoms with van der Waals surface area (Å²) in [6.07, 6.45) is 6.70. The second-order valence-electron chi connectivity index (χ2n) is 8.63. The highest BCUT2D eigenvalue weighted by Gasteiger charge is 2.46. The van der Waals surface area contributed by atoms with Crippen LogP contribution in [0.4, 0.5) is 0 Å². The molecule has 9 nitrogen and oxygen atoms in total. The van der Waals surface area contributed by atoms with Crippen LogP contribution in [0.3, 0.4) is 0 Å². The van der Waals surface area contributed by atoms with Gasteiger partial charge in [-0.25, -0.2) is 4.98 Å². The molecule has 0 radical (unpaired) electrons. The number of rotatable bonds is 11. The summed E-state index contributed by atoms with van der Waals surface area (Å²) in [7, 11) is 3.06. The van der Waals surface area contributed by atoms with Crippen molar-refractivity contribution in [3.05, 3.63) is 77.9 Å². The Bertz CT molecular complexity index is 1270. The Hall–Kier alpha value is -4.27. The molecule has 9 heteroatoms. The summed E-state index contributed by atoms with van der Waals surface area (Å²) in [4.78, 5) is 32.0. The lowest BCUT2D eigenvalue weighted by molar-refractivity contribution is -0.139. The molecule has 1 saturated heterocycles. The zero-order valence-electron chi connectivity index (χ0n) is 21.2. The second-order valence-corrected chi connectivity index (χ2v) is 8.63. The Morgan fingerprint density at radius 3 is 2.43 bits per heavy atom. The van der Waals surface area contributed by atoms with Crippen LogP contribution in [0.25, 0.3) is 5.76 Å². The van der Waals surface area contributed by atoms with Gasteiger partial charge in [0.2, 0.25) is 0 Å². The number of ketones is 1. The van der Waals surface area contributed by atoms with Crippen molar-refractivity contribution in [2.45, 2.75) is 32.4 Å². The third-order valence-electron chi connectivity index (χ3n) is 6.24. The monoisotopic (exact) mass is 505 g/mol. The fraction of sp³-hybridized carbons (Fsp3) is 0.321. The third-order valence-corrected chi connectivity index (χ3v) is 6.24. The molecule has 2 heterocycles. The topological polar surface area (TPSA) is 103 Å². The molecule has 1 N–H and O–H groups in total. The highest BCUT2D eigenvalue weighted by molar-refractivity contribution is 6.46. The van der Waals surface area contributed by atoms with E-state index in [2.05, 4.69) is 4.98 Å². The van der Waals surface area contributed by atoms with E-state index in [0.29, 0.717) is 54.5 Å². The van der Waals surface area contributed by atoms with Crippen LogP contribution in [0.2, 0.25) is 0 Å². The molecule has 1 aliphatic heterocycles. The molecule has 1 aromatic heterocycles. The predicted molar refractivity (Wildman–Crippen MR) is 138 cm³/mol. The van der Waals surface area contributed by atoms with Crippen LogP contribution in [-0.4, -0.2) is 58.6 Å². The van der Waals surface area contributed by atoms with E-state index >= 15 is 0 Å². The van der Waals surface area contributed by atoms with Crippen LogP contribution < -0.4 is 14.2 Å². The standard InChI is InChI=1S/C28H31N3O6/c1-4-16-37-21-9-6-19(7-10-21)26(32)24-25(20-8-11-22(35-2)23(17-20)36-3)31(28(34)27(24)33)14-5-13-30-15-12-29-18-30/h6-12,15,17-18,25,32H,4-5,13-14,16H2,1-3H3/b26-24+/t25-/m0/s1. The number of hydrogen-bond donors (Lipinski definition) is 1. The molecule has 37 heavy (non-hydrogen) atoms. The Balaban J connectivity index is 1.73. The van der Waals surface area contributed by atoms with Crippen LogP contribution in [0.15, 0.2) is 66.8 Å². The average Bonchev–Trinajstić information content (AvgIpc) is 3.53. The van der Waals surface area contributed by atoms with Crippen molar-refractivity contribution < 1.29 is 28.9 Å². The Morgan fingerprint density at radius 1 is 1.03 bits per heavy atom. The van der Waals surface area contributed by atoms with E-state index < -0.39 is 17.7 Å². The number of nitrogens with zero attached hydrogens (tertiary/aromatic N) is 3. The minimum Gasteiger partial charge on any atom is -0.507 e. The smallest absolute Gasteiger partial charge is 0.295 e. The maximum absolute atomic E-state index is 13.3. The third kappa shape index (κ3) is 5.45. The fourth-order valence-corrected chi connectivity index (χ4v) is 4.41. The molecule has 2 aromatic carbocycles. The highest BCUT2D eigenvalue weighted by Crippen LogP contribution is 2.42. The molecule has 0 unspecified atom stereocenters. The predicted octanol–water partition coefficient (Wildman–Crippen LogP) is 4.20. The summed E-state index contributed by atoms with van der Waals surface area (Å²) < 4.78 is 18.4. The lowest BCUT2D eigenvalue weighted by atomic mass is 9.95. The maximum atomic E-state index is 13.3. The van der Waals surface area contributed by atoms with E-state index in [1.165, 1.54) is 19.1 Å². The molecular weight excluding hydrogens is 474 g/mol. The van der Waals surface area contributed by atoms with E-state index in [1.54, 1.807) is 55.0 Å². The zero-order valence-corrected chi connectivity index (χ0v) is 21.2. The molecule has 0 spiro atoms. The minimum atomic E-state index is -0.793. The largest absolute Gasteiger partial charge is 0.507 e. The average molecular weight is 506 g/mol. The zero-order chi connectivity index (χ0) is 26.4. The van der Waals surface area contributed by atoms with E-state index in [-0.39, 0.29) is 11.3 Å². The van der Waals surface area contributed by atoms with Crippen molar-refractivity contribution in [2.24, 2.45) is 0 Å². The van der Waals surface area contributed by atoms with Gasteiger partial charge < -0.3 is 28.8 Å². The van der Waals surface area contributed by atoms with Crippen LogP contribution in [-0.2, 0) is 16.1 Å². The number of methoxy groups -OCH3 is 2. The van der Waals surface area contributed by atoms with Crippen LogP contribution in [0.5, 0.6) is 17.2 Å². The number of likely N-dealkylation sites (tertiary alicyclic amines) is 1. The van der Waals surface area contributed by atoms with Gasteiger partial charge in [0.1, 0.15) is 11.5 Å². The van der Waals surface area contributed by atoms with Crippen LogP contribution in [0, 0.1) is 0 Å². The van der Waals surface area contributed by atoms with Gasteiger partial charge in [-0.2, -0.15) is 0 Å². The number of amides is 1. The van der Waals surface area contributed by atoms with Crippen LogP contribution in [0.1, 0.15) is 36.9 Å². The number of benzene rings is 2. The van der Waals surface area contributed by atoms with Crippen LogP contribution >= 0.6 is 0 Å². The van der Waals surface area contributed by atoms with Crippen molar-refractivity contribution in [1.29, 1.82) is 0 Å². The van der Waals surface area contributed by atoms with Gasteiger partial charge in [0, 0.05) is 31.0 Å². The Labute approximate surface area is 215 Å². The van der Waals surface area contributed by atoms with Gasteiger partial charge in [0.05, 0.1) is 38.8 Å². The molecule has 194 valence electrons. The number of aliphatic hydroxyl groups is 1. The number of hydrogen-bond acceptors (Lipinski definition) is 7. The molecule has 1 amide bonds. The molecule has 0 saturated carbocycles. The second kappa shape index (κ2) is 11.6. The first-order chi connectivity index (χ1) is 18.0. The van der Waals surface area contributed by atoms with E-state index in [1.807, 2.05) is 17.7 Å². The van der Waals surface area contributed by atoms with Gasteiger partial charge in [-0.15, -0.1) is 0 Å².